The molecule has 11 heteroatoms. The van der Waals surface area contributed by atoms with Crippen LogP contribution in [0, 0.1) is 11.3 Å². The van der Waals surface area contributed by atoms with E-state index >= 15 is 0 Å². The molecule has 3 aromatic heterocycles. The fourth-order valence-corrected chi connectivity index (χ4v) is 4.48. The van der Waals surface area contributed by atoms with Gasteiger partial charge in [0.1, 0.15) is 17.5 Å². The number of hydrogen-bond acceptors (Lipinski definition) is 9. The van der Waals surface area contributed by atoms with Crippen molar-refractivity contribution >= 4 is 41.0 Å². The standard InChI is InChI=1S/C24H23N9O2/c25-13-18-22(32-9-7-31(8-10-32)19-3-1-2-6-26-19)30-21-16(11-15-12-20(34)29-24(15)35)14-27-33(21)23(18)28-17-4-5-17/h1-3,6,11,14,17,28H,4-5,7-10,12H2,(H,29,34,35)/b15-11+. The van der Waals surface area contributed by atoms with Crippen LogP contribution >= 0.6 is 0 Å². The zero-order valence-corrected chi connectivity index (χ0v) is 18.9. The summed E-state index contributed by atoms with van der Waals surface area (Å²) in [6.07, 6.45) is 7.16. The first-order valence-electron chi connectivity index (χ1n) is 11.6. The lowest BCUT2D eigenvalue weighted by Crippen LogP contribution is -2.47. The Bertz CT molecular complexity index is 1390. The van der Waals surface area contributed by atoms with Crippen LogP contribution < -0.4 is 20.4 Å². The predicted molar refractivity (Wildman–Crippen MR) is 129 cm³/mol. The van der Waals surface area contributed by atoms with Crippen LogP contribution in [0.1, 0.15) is 30.4 Å². The average molecular weight is 470 g/mol. The molecule has 2 N–H and O–H groups in total. The van der Waals surface area contributed by atoms with E-state index in [-0.39, 0.29) is 12.3 Å². The van der Waals surface area contributed by atoms with E-state index in [0.29, 0.717) is 53.1 Å². The minimum atomic E-state index is -0.398. The Hall–Kier alpha value is -4.46. The maximum absolute atomic E-state index is 12.1. The number of nitrogens with one attached hydrogen (secondary N) is 2. The summed E-state index contributed by atoms with van der Waals surface area (Å²) >= 11 is 0. The topological polar surface area (TPSA) is 132 Å². The molecule has 35 heavy (non-hydrogen) atoms. The van der Waals surface area contributed by atoms with E-state index in [1.807, 2.05) is 18.2 Å². The van der Waals surface area contributed by atoms with Gasteiger partial charge in [-0.25, -0.2) is 9.97 Å². The minimum Gasteiger partial charge on any atom is -0.366 e. The molecule has 1 aliphatic carbocycles. The normalized spacial score (nSPS) is 19.3. The van der Waals surface area contributed by atoms with Crippen LogP contribution in [0.15, 0.2) is 36.2 Å². The fraction of sp³-hybridized carbons (Fsp3) is 0.333. The molecule has 0 spiro atoms. The lowest BCUT2D eigenvalue weighted by atomic mass is 10.1. The highest BCUT2D eigenvalue weighted by molar-refractivity contribution is 6.15. The Morgan fingerprint density at radius 2 is 1.94 bits per heavy atom. The third-order valence-electron chi connectivity index (χ3n) is 6.46. The molecule has 0 aromatic carbocycles. The van der Waals surface area contributed by atoms with E-state index < -0.39 is 5.91 Å². The van der Waals surface area contributed by atoms with Crippen LogP contribution in [-0.2, 0) is 9.59 Å². The highest BCUT2D eigenvalue weighted by Crippen LogP contribution is 2.33. The second-order valence-electron chi connectivity index (χ2n) is 8.91. The highest BCUT2D eigenvalue weighted by atomic mass is 16.2. The van der Waals surface area contributed by atoms with Crippen molar-refractivity contribution in [2.24, 2.45) is 0 Å². The molecule has 6 rings (SSSR count). The van der Waals surface area contributed by atoms with Crippen LogP contribution in [0.25, 0.3) is 11.7 Å². The van der Waals surface area contributed by atoms with E-state index in [1.54, 1.807) is 23.0 Å². The number of nitriles is 1. The number of carbonyl (C=O) groups is 2. The van der Waals surface area contributed by atoms with Crippen LogP contribution in [0.3, 0.4) is 0 Å². The maximum Gasteiger partial charge on any atom is 0.254 e. The number of rotatable bonds is 5. The first-order valence-corrected chi connectivity index (χ1v) is 11.6. The molecule has 1 saturated carbocycles. The molecular formula is C24H23N9O2. The number of carbonyl (C=O) groups excluding carboxylic acids is 2. The Balaban J connectivity index is 1.39. The van der Waals surface area contributed by atoms with Gasteiger partial charge in [-0.2, -0.15) is 14.9 Å². The first kappa shape index (κ1) is 21.1. The van der Waals surface area contributed by atoms with Gasteiger partial charge < -0.3 is 15.1 Å². The molecule has 3 fully saturated rings. The number of pyridine rings is 1. The van der Waals surface area contributed by atoms with Crippen molar-refractivity contribution in [1.29, 1.82) is 5.26 Å². The van der Waals surface area contributed by atoms with Gasteiger partial charge in [0.15, 0.2) is 17.3 Å². The van der Waals surface area contributed by atoms with Crippen molar-refractivity contribution in [3.05, 3.63) is 47.3 Å². The van der Waals surface area contributed by atoms with E-state index in [2.05, 4.69) is 36.6 Å². The summed E-state index contributed by atoms with van der Waals surface area (Å²) in [6, 6.07) is 8.51. The van der Waals surface area contributed by atoms with Crippen molar-refractivity contribution in [1.82, 2.24) is 24.9 Å². The van der Waals surface area contributed by atoms with Gasteiger partial charge in [0.25, 0.3) is 5.91 Å². The number of imide groups is 1. The Kier molecular flexibility index (Phi) is 5.06. The van der Waals surface area contributed by atoms with Crippen LogP contribution in [0.2, 0.25) is 0 Å². The van der Waals surface area contributed by atoms with Crippen LogP contribution in [-0.4, -0.2) is 63.6 Å². The highest BCUT2D eigenvalue weighted by Gasteiger charge is 2.30. The van der Waals surface area contributed by atoms with Gasteiger partial charge in [0.2, 0.25) is 5.91 Å². The second kappa shape index (κ2) is 8.39. The second-order valence-corrected chi connectivity index (χ2v) is 8.91. The maximum atomic E-state index is 12.1. The zero-order chi connectivity index (χ0) is 23.9. The monoisotopic (exact) mass is 469 g/mol. The molecule has 2 saturated heterocycles. The number of anilines is 3. The van der Waals surface area contributed by atoms with Gasteiger partial charge in [-0.3, -0.25) is 14.9 Å². The average Bonchev–Trinajstić information content (AvgIpc) is 3.53. The van der Waals surface area contributed by atoms with E-state index in [4.69, 9.17) is 4.98 Å². The third kappa shape index (κ3) is 3.93. The van der Waals surface area contributed by atoms with E-state index in [1.165, 1.54) is 0 Å². The largest absolute Gasteiger partial charge is 0.366 e. The lowest BCUT2D eigenvalue weighted by molar-refractivity contribution is -0.124. The van der Waals surface area contributed by atoms with Gasteiger partial charge in [-0.05, 0) is 31.1 Å². The number of fused-ring (bicyclic) bond motifs is 1. The number of amides is 2. The summed E-state index contributed by atoms with van der Waals surface area (Å²) in [7, 11) is 0. The Labute approximate surface area is 201 Å². The lowest BCUT2D eigenvalue weighted by Gasteiger charge is -2.36. The molecule has 0 unspecified atom stereocenters. The summed E-state index contributed by atoms with van der Waals surface area (Å²) < 4.78 is 1.63. The van der Waals surface area contributed by atoms with Gasteiger partial charge in [-0.1, -0.05) is 6.07 Å². The summed E-state index contributed by atoms with van der Waals surface area (Å²) in [4.78, 5) is 37.4. The molecule has 2 aliphatic heterocycles. The molecule has 5 heterocycles. The molecule has 11 nitrogen and oxygen atoms in total. The quantitative estimate of drug-likeness (QED) is 0.419. The molecule has 2 amide bonds. The van der Waals surface area contributed by atoms with Gasteiger partial charge in [0.05, 0.1) is 12.6 Å². The van der Waals surface area contributed by atoms with Crippen molar-refractivity contribution < 1.29 is 9.59 Å². The van der Waals surface area contributed by atoms with Crippen molar-refractivity contribution in [2.45, 2.75) is 25.3 Å². The number of hydrogen-bond donors (Lipinski definition) is 2. The smallest absolute Gasteiger partial charge is 0.254 e. The van der Waals surface area contributed by atoms with Crippen molar-refractivity contribution in [3.63, 3.8) is 0 Å². The molecule has 0 atom stereocenters. The van der Waals surface area contributed by atoms with Crippen LogP contribution in [0.4, 0.5) is 17.5 Å². The summed E-state index contributed by atoms with van der Waals surface area (Å²) in [6.45, 7) is 2.86. The molecule has 0 radical (unpaired) electrons. The summed E-state index contributed by atoms with van der Waals surface area (Å²) in [5.74, 6) is 1.42. The number of nitrogens with zero attached hydrogens (tertiary/aromatic N) is 7. The molecule has 0 bridgehead atoms. The SMILES string of the molecule is N#Cc1c(N2CCN(c3ccccn3)CC2)nc2c(/C=C3\CC(=O)NC3=O)cnn2c1NC1CC1. The number of piperazine rings is 1. The predicted octanol–water partition coefficient (Wildman–Crippen LogP) is 1.33. The van der Waals surface area contributed by atoms with E-state index in [9.17, 15) is 14.9 Å². The number of aromatic nitrogens is 4. The summed E-state index contributed by atoms with van der Waals surface area (Å²) in [5, 5.41) is 20.4. The molecule has 3 aliphatic rings. The van der Waals surface area contributed by atoms with Crippen molar-refractivity contribution in [2.75, 3.05) is 41.3 Å². The Morgan fingerprint density at radius 1 is 1.14 bits per heavy atom. The van der Waals surface area contributed by atoms with E-state index in [0.717, 1.165) is 31.7 Å². The third-order valence-corrected chi connectivity index (χ3v) is 6.46. The van der Waals surface area contributed by atoms with Crippen LogP contribution in [0.5, 0.6) is 0 Å². The molecule has 176 valence electrons. The molecule has 3 aromatic rings. The Morgan fingerprint density at radius 3 is 2.60 bits per heavy atom. The first-order chi connectivity index (χ1) is 17.1. The van der Waals surface area contributed by atoms with Gasteiger partial charge in [-0.15, -0.1) is 0 Å². The van der Waals surface area contributed by atoms with Gasteiger partial charge in [0, 0.05) is 49.6 Å². The van der Waals surface area contributed by atoms with Crippen molar-refractivity contribution in [3.8, 4) is 6.07 Å². The van der Waals surface area contributed by atoms with Gasteiger partial charge >= 0.3 is 0 Å². The zero-order valence-electron chi connectivity index (χ0n) is 18.9. The summed E-state index contributed by atoms with van der Waals surface area (Å²) in [5.41, 5.74) is 1.99. The minimum absolute atomic E-state index is 0.0297. The fourth-order valence-electron chi connectivity index (χ4n) is 4.48. The molecular weight excluding hydrogens is 446 g/mol.